The molecule has 1 aliphatic heterocycles. The predicted octanol–water partition coefficient (Wildman–Crippen LogP) is 3.38. The van der Waals surface area contributed by atoms with Gasteiger partial charge >= 0.3 is 0 Å². The van der Waals surface area contributed by atoms with E-state index < -0.39 is 9.84 Å². The molecule has 1 aliphatic rings. The quantitative estimate of drug-likeness (QED) is 0.415. The second-order valence-corrected chi connectivity index (χ2v) is 11.1. The van der Waals surface area contributed by atoms with Gasteiger partial charge < -0.3 is 9.64 Å². The van der Waals surface area contributed by atoms with Crippen LogP contribution >= 0.6 is 23.1 Å². The number of thioether (sulfide) groups is 1. The molecule has 0 N–H and O–H groups in total. The number of rotatable bonds is 4. The van der Waals surface area contributed by atoms with Gasteiger partial charge in [-0.25, -0.2) is 18.4 Å². The topological polar surface area (TPSA) is 90.2 Å². The molecule has 0 bridgehead atoms. The number of ether oxygens (including phenoxy) is 1. The maximum absolute atomic E-state index is 12.5. The Morgan fingerprint density at radius 2 is 2.03 bits per heavy atom. The molecule has 0 amide bonds. The fourth-order valence-corrected chi connectivity index (χ4v) is 6.64. The Balaban J connectivity index is 1.84. The summed E-state index contributed by atoms with van der Waals surface area (Å²) in [5.41, 5.74) is 2.17. The number of aromatic nitrogens is 4. The number of nitrogens with zero attached hydrogens (tertiary/aromatic N) is 5. The summed E-state index contributed by atoms with van der Waals surface area (Å²) in [7, 11) is -3.44. The van der Waals surface area contributed by atoms with Crippen molar-refractivity contribution in [2.45, 2.75) is 23.0 Å². The Morgan fingerprint density at radius 1 is 1.23 bits per heavy atom. The summed E-state index contributed by atoms with van der Waals surface area (Å²) in [6, 6.07) is 7.91. The second kappa shape index (κ2) is 7.73. The third-order valence-electron chi connectivity index (χ3n) is 5.30. The average Bonchev–Trinajstić information content (AvgIpc) is 3.34. The number of fused-ring (bicyclic) bond motifs is 2. The van der Waals surface area contributed by atoms with Gasteiger partial charge in [-0.15, -0.1) is 11.3 Å². The Morgan fingerprint density at radius 3 is 2.77 bits per heavy atom. The van der Waals surface area contributed by atoms with E-state index in [-0.39, 0.29) is 10.9 Å². The number of hydrogen-bond acceptors (Lipinski definition) is 9. The summed E-state index contributed by atoms with van der Waals surface area (Å²) in [5.74, 6) is 1.16. The Hall–Kier alpha value is -2.21. The van der Waals surface area contributed by atoms with Crippen LogP contribution in [0.15, 0.2) is 39.7 Å². The van der Waals surface area contributed by atoms with Gasteiger partial charge in [0.05, 0.1) is 35.0 Å². The third kappa shape index (κ3) is 3.49. The summed E-state index contributed by atoms with van der Waals surface area (Å²) < 4.78 is 33.2. The van der Waals surface area contributed by atoms with E-state index in [0.717, 1.165) is 26.7 Å². The van der Waals surface area contributed by atoms with Gasteiger partial charge in [-0.2, -0.15) is 4.98 Å². The van der Waals surface area contributed by atoms with Crippen LogP contribution in [0.4, 0.5) is 5.82 Å². The van der Waals surface area contributed by atoms with Crippen molar-refractivity contribution >= 4 is 60.0 Å². The van der Waals surface area contributed by atoms with Crippen LogP contribution in [0.2, 0.25) is 0 Å². The standard InChI is InChI=1S/C20H21N5O3S3/c1-12-10-28-9-8-24(12)18-17-16(15(11-30-17)31(3,26)27)22-19(23-18)25-14-7-5-4-6-13(14)21-20(25)29-2/h4-7,11-12H,8-10H2,1-3H3/t12-/m1/s1. The van der Waals surface area contributed by atoms with E-state index in [1.54, 1.807) is 5.38 Å². The summed E-state index contributed by atoms with van der Waals surface area (Å²) in [4.78, 5) is 16.8. The number of sulfone groups is 1. The van der Waals surface area contributed by atoms with E-state index in [0.29, 0.717) is 31.2 Å². The van der Waals surface area contributed by atoms with Crippen LogP contribution in [0.25, 0.3) is 27.2 Å². The van der Waals surface area contributed by atoms with Gasteiger partial charge in [0.1, 0.15) is 10.4 Å². The fourth-order valence-electron chi connectivity index (χ4n) is 3.80. The number of hydrogen-bond donors (Lipinski definition) is 0. The second-order valence-electron chi connectivity index (χ2n) is 7.44. The molecule has 31 heavy (non-hydrogen) atoms. The van der Waals surface area contributed by atoms with Gasteiger partial charge in [-0.05, 0) is 25.3 Å². The first-order chi connectivity index (χ1) is 14.9. The molecule has 1 atom stereocenters. The maximum Gasteiger partial charge on any atom is 0.238 e. The zero-order valence-electron chi connectivity index (χ0n) is 17.3. The molecule has 1 aromatic carbocycles. The fraction of sp³-hybridized carbons (Fsp3) is 0.350. The number of imidazole rings is 1. The Bertz CT molecular complexity index is 1400. The Labute approximate surface area is 188 Å². The summed E-state index contributed by atoms with van der Waals surface area (Å²) in [6.45, 7) is 3.95. The summed E-state index contributed by atoms with van der Waals surface area (Å²) in [6.07, 6.45) is 3.17. The summed E-state index contributed by atoms with van der Waals surface area (Å²) in [5, 5.41) is 2.41. The molecular formula is C20H21N5O3S3. The van der Waals surface area contributed by atoms with Crippen LogP contribution in [0.3, 0.4) is 0 Å². The van der Waals surface area contributed by atoms with Crippen molar-refractivity contribution in [3.8, 4) is 5.95 Å². The molecule has 0 saturated carbocycles. The van der Waals surface area contributed by atoms with Crippen LogP contribution in [-0.4, -0.2) is 66.2 Å². The number of thiophene rings is 1. The molecule has 8 nitrogen and oxygen atoms in total. The minimum absolute atomic E-state index is 0.114. The largest absolute Gasteiger partial charge is 0.377 e. The van der Waals surface area contributed by atoms with Crippen molar-refractivity contribution in [2.24, 2.45) is 0 Å². The first-order valence-electron chi connectivity index (χ1n) is 9.74. The van der Waals surface area contributed by atoms with Gasteiger partial charge in [0.25, 0.3) is 0 Å². The van der Waals surface area contributed by atoms with Crippen LogP contribution in [-0.2, 0) is 14.6 Å². The molecule has 1 fully saturated rings. The predicted molar refractivity (Wildman–Crippen MR) is 125 cm³/mol. The Kier molecular flexibility index (Phi) is 5.16. The number of para-hydroxylation sites is 2. The lowest BCUT2D eigenvalue weighted by Crippen LogP contribution is -2.44. The highest BCUT2D eigenvalue weighted by Crippen LogP contribution is 2.37. The minimum Gasteiger partial charge on any atom is -0.377 e. The van der Waals surface area contributed by atoms with Crippen LogP contribution < -0.4 is 4.90 Å². The molecule has 11 heteroatoms. The van der Waals surface area contributed by atoms with E-state index >= 15 is 0 Å². The van der Waals surface area contributed by atoms with E-state index in [2.05, 4.69) is 11.8 Å². The SMILES string of the molecule is CSc1nc2ccccc2n1-c1nc(N2CCOC[C@H]2C)c2scc(S(C)(=O)=O)c2n1. The van der Waals surface area contributed by atoms with Crippen molar-refractivity contribution in [1.82, 2.24) is 19.5 Å². The first-order valence-corrected chi connectivity index (χ1v) is 13.7. The van der Waals surface area contributed by atoms with E-state index in [1.165, 1.54) is 29.4 Å². The van der Waals surface area contributed by atoms with Crippen LogP contribution in [0.5, 0.6) is 0 Å². The molecule has 5 rings (SSSR count). The highest BCUT2D eigenvalue weighted by Gasteiger charge is 2.28. The molecule has 0 unspecified atom stereocenters. The van der Waals surface area contributed by atoms with E-state index in [9.17, 15) is 8.42 Å². The van der Waals surface area contributed by atoms with Gasteiger partial charge in [0.2, 0.25) is 5.95 Å². The van der Waals surface area contributed by atoms with Crippen molar-refractivity contribution in [2.75, 3.05) is 37.2 Å². The minimum atomic E-state index is -3.44. The average molecular weight is 476 g/mol. The maximum atomic E-state index is 12.5. The lowest BCUT2D eigenvalue weighted by Gasteiger charge is -2.34. The number of benzene rings is 1. The molecular weight excluding hydrogens is 454 g/mol. The lowest BCUT2D eigenvalue weighted by molar-refractivity contribution is 0.0987. The zero-order chi connectivity index (χ0) is 21.8. The third-order valence-corrected chi connectivity index (χ3v) is 8.17. The van der Waals surface area contributed by atoms with Gasteiger partial charge in [-0.3, -0.25) is 4.57 Å². The van der Waals surface area contributed by atoms with Crippen LogP contribution in [0.1, 0.15) is 6.92 Å². The van der Waals surface area contributed by atoms with E-state index in [1.807, 2.05) is 35.1 Å². The molecule has 3 aromatic heterocycles. The molecule has 0 spiro atoms. The normalized spacial score (nSPS) is 17.6. The van der Waals surface area contributed by atoms with Crippen molar-refractivity contribution < 1.29 is 13.2 Å². The number of anilines is 1. The molecule has 1 saturated heterocycles. The number of morpholine rings is 1. The van der Waals surface area contributed by atoms with E-state index in [4.69, 9.17) is 19.7 Å². The van der Waals surface area contributed by atoms with Crippen molar-refractivity contribution in [3.05, 3.63) is 29.6 Å². The van der Waals surface area contributed by atoms with Crippen molar-refractivity contribution in [1.29, 1.82) is 0 Å². The van der Waals surface area contributed by atoms with Crippen molar-refractivity contribution in [3.63, 3.8) is 0 Å². The monoisotopic (exact) mass is 475 g/mol. The van der Waals surface area contributed by atoms with Gasteiger partial charge in [0, 0.05) is 18.2 Å². The van der Waals surface area contributed by atoms with Gasteiger partial charge in [-0.1, -0.05) is 23.9 Å². The molecule has 0 radical (unpaired) electrons. The van der Waals surface area contributed by atoms with Crippen LogP contribution in [0, 0.1) is 0 Å². The highest BCUT2D eigenvalue weighted by atomic mass is 32.2. The summed E-state index contributed by atoms with van der Waals surface area (Å²) >= 11 is 2.86. The highest BCUT2D eigenvalue weighted by molar-refractivity contribution is 7.98. The molecule has 4 aromatic rings. The lowest BCUT2D eigenvalue weighted by atomic mass is 10.2. The molecule has 4 heterocycles. The zero-order valence-corrected chi connectivity index (χ0v) is 19.7. The molecule has 0 aliphatic carbocycles. The molecule has 162 valence electrons. The smallest absolute Gasteiger partial charge is 0.238 e. The van der Waals surface area contributed by atoms with Gasteiger partial charge in [0.15, 0.2) is 20.8 Å². The first kappa shape index (κ1) is 20.7.